The maximum absolute atomic E-state index is 13.7. The van der Waals surface area contributed by atoms with Crippen LogP contribution in [-0.4, -0.2) is 24.0 Å². The summed E-state index contributed by atoms with van der Waals surface area (Å²) < 4.78 is 13.7. The van der Waals surface area contributed by atoms with Gasteiger partial charge in [0.15, 0.2) is 0 Å². The van der Waals surface area contributed by atoms with Gasteiger partial charge >= 0.3 is 0 Å². The molecular weight excluding hydrogens is 251 g/mol. The zero-order valence-electron chi connectivity index (χ0n) is 10.7. The standard InChI is InChI=1S/C14H20ClFN2/c1-2-10-8-18(7-6-14(10)17)9-11-12(15)4-3-5-13(11)16/h3-5,10,14H,2,6-9,17H2,1H3. The Morgan fingerprint density at radius 3 is 2.94 bits per heavy atom. The van der Waals surface area contributed by atoms with Crippen LogP contribution < -0.4 is 5.73 Å². The van der Waals surface area contributed by atoms with E-state index in [-0.39, 0.29) is 11.9 Å². The third-order valence-corrected chi connectivity index (χ3v) is 4.20. The zero-order valence-corrected chi connectivity index (χ0v) is 11.5. The summed E-state index contributed by atoms with van der Waals surface area (Å²) in [7, 11) is 0. The molecule has 1 heterocycles. The molecular formula is C14H20ClFN2. The maximum Gasteiger partial charge on any atom is 0.129 e. The number of nitrogens with zero attached hydrogens (tertiary/aromatic N) is 1. The molecule has 0 amide bonds. The highest BCUT2D eigenvalue weighted by atomic mass is 35.5. The van der Waals surface area contributed by atoms with Gasteiger partial charge in [0.1, 0.15) is 5.82 Å². The molecule has 2 N–H and O–H groups in total. The Morgan fingerprint density at radius 1 is 1.50 bits per heavy atom. The minimum Gasteiger partial charge on any atom is -0.327 e. The van der Waals surface area contributed by atoms with E-state index in [0.29, 0.717) is 23.0 Å². The number of hydrogen-bond acceptors (Lipinski definition) is 2. The molecule has 0 saturated carbocycles. The number of hydrogen-bond donors (Lipinski definition) is 1. The molecule has 1 aliphatic heterocycles. The van der Waals surface area contributed by atoms with Gasteiger partial charge in [0.05, 0.1) is 0 Å². The Labute approximate surface area is 113 Å². The van der Waals surface area contributed by atoms with Gasteiger partial charge in [-0.15, -0.1) is 0 Å². The van der Waals surface area contributed by atoms with Crippen LogP contribution in [0, 0.1) is 11.7 Å². The highest BCUT2D eigenvalue weighted by molar-refractivity contribution is 6.31. The highest BCUT2D eigenvalue weighted by Gasteiger charge is 2.26. The number of benzene rings is 1. The molecule has 1 fully saturated rings. The predicted molar refractivity (Wildman–Crippen MR) is 73.1 cm³/mol. The molecule has 1 aromatic rings. The average molecular weight is 271 g/mol. The minimum absolute atomic E-state index is 0.217. The van der Waals surface area contributed by atoms with E-state index in [0.717, 1.165) is 25.9 Å². The summed E-state index contributed by atoms with van der Waals surface area (Å²) in [5.41, 5.74) is 6.68. The molecule has 0 aliphatic carbocycles. The zero-order chi connectivity index (χ0) is 13.1. The second-order valence-electron chi connectivity index (χ2n) is 5.06. The molecule has 2 rings (SSSR count). The largest absolute Gasteiger partial charge is 0.327 e. The fourth-order valence-corrected chi connectivity index (χ4v) is 2.83. The molecule has 0 spiro atoms. The second-order valence-corrected chi connectivity index (χ2v) is 5.46. The Kier molecular flexibility index (Phi) is 4.60. The highest BCUT2D eigenvalue weighted by Crippen LogP contribution is 2.24. The van der Waals surface area contributed by atoms with Gasteiger partial charge in [-0.1, -0.05) is 31.0 Å². The van der Waals surface area contributed by atoms with Gasteiger partial charge in [0, 0.05) is 29.7 Å². The Hall–Kier alpha value is -0.640. The van der Waals surface area contributed by atoms with E-state index in [4.69, 9.17) is 17.3 Å². The van der Waals surface area contributed by atoms with Crippen LogP contribution in [0.25, 0.3) is 0 Å². The van der Waals surface area contributed by atoms with Gasteiger partial charge in [-0.3, -0.25) is 4.90 Å². The van der Waals surface area contributed by atoms with Crippen LogP contribution in [0.3, 0.4) is 0 Å². The SMILES string of the molecule is CCC1CN(Cc2c(F)cccc2Cl)CCC1N. The third kappa shape index (κ3) is 3.02. The third-order valence-electron chi connectivity index (χ3n) is 3.84. The van der Waals surface area contributed by atoms with Gasteiger partial charge in [-0.05, 0) is 31.0 Å². The fourth-order valence-electron chi connectivity index (χ4n) is 2.61. The van der Waals surface area contributed by atoms with Gasteiger partial charge in [-0.2, -0.15) is 0 Å². The van der Waals surface area contributed by atoms with E-state index in [1.807, 2.05) is 0 Å². The molecule has 100 valence electrons. The molecule has 0 radical (unpaired) electrons. The number of rotatable bonds is 3. The van der Waals surface area contributed by atoms with E-state index in [2.05, 4.69) is 11.8 Å². The van der Waals surface area contributed by atoms with Crippen molar-refractivity contribution in [3.8, 4) is 0 Å². The first kappa shape index (κ1) is 13.8. The Balaban J connectivity index is 2.06. The topological polar surface area (TPSA) is 29.3 Å². The number of halogens is 2. The van der Waals surface area contributed by atoms with Crippen molar-refractivity contribution in [1.82, 2.24) is 4.90 Å². The van der Waals surface area contributed by atoms with Crippen LogP contribution in [0.5, 0.6) is 0 Å². The Bertz CT molecular complexity index is 391. The quantitative estimate of drug-likeness (QED) is 0.915. The fraction of sp³-hybridized carbons (Fsp3) is 0.571. The van der Waals surface area contributed by atoms with Gasteiger partial charge in [0.25, 0.3) is 0 Å². The van der Waals surface area contributed by atoms with E-state index < -0.39 is 0 Å². The maximum atomic E-state index is 13.7. The lowest BCUT2D eigenvalue weighted by Crippen LogP contribution is -2.46. The van der Waals surface area contributed by atoms with Crippen molar-refractivity contribution < 1.29 is 4.39 Å². The van der Waals surface area contributed by atoms with E-state index in [9.17, 15) is 4.39 Å². The van der Waals surface area contributed by atoms with Crippen LogP contribution in [0.2, 0.25) is 5.02 Å². The Morgan fingerprint density at radius 2 is 2.28 bits per heavy atom. The van der Waals surface area contributed by atoms with Crippen molar-refractivity contribution in [1.29, 1.82) is 0 Å². The minimum atomic E-state index is -0.217. The van der Waals surface area contributed by atoms with Crippen LogP contribution in [0.15, 0.2) is 18.2 Å². The van der Waals surface area contributed by atoms with E-state index >= 15 is 0 Å². The summed E-state index contributed by atoms with van der Waals surface area (Å²) in [5.74, 6) is 0.287. The molecule has 2 unspecified atom stereocenters. The molecule has 0 aromatic heterocycles. The molecule has 2 nitrogen and oxygen atoms in total. The summed E-state index contributed by atoms with van der Waals surface area (Å²) in [4.78, 5) is 2.25. The summed E-state index contributed by atoms with van der Waals surface area (Å²) in [6.07, 6.45) is 2.05. The lowest BCUT2D eigenvalue weighted by Gasteiger charge is -2.36. The van der Waals surface area contributed by atoms with Crippen molar-refractivity contribution in [3.63, 3.8) is 0 Å². The van der Waals surface area contributed by atoms with Crippen molar-refractivity contribution in [3.05, 3.63) is 34.6 Å². The number of likely N-dealkylation sites (tertiary alicyclic amines) is 1. The normalized spacial score (nSPS) is 25.3. The van der Waals surface area contributed by atoms with Crippen LogP contribution in [-0.2, 0) is 6.54 Å². The van der Waals surface area contributed by atoms with Gasteiger partial charge in [0.2, 0.25) is 0 Å². The molecule has 18 heavy (non-hydrogen) atoms. The van der Waals surface area contributed by atoms with E-state index in [1.165, 1.54) is 6.07 Å². The predicted octanol–water partition coefficient (Wildman–Crippen LogP) is 3.04. The van der Waals surface area contributed by atoms with Crippen LogP contribution in [0.4, 0.5) is 4.39 Å². The van der Waals surface area contributed by atoms with E-state index in [1.54, 1.807) is 12.1 Å². The number of nitrogens with two attached hydrogens (primary N) is 1. The molecule has 1 aliphatic rings. The smallest absolute Gasteiger partial charge is 0.129 e. The summed E-state index contributed by atoms with van der Waals surface area (Å²) >= 11 is 6.06. The van der Waals surface area contributed by atoms with Crippen molar-refractivity contribution >= 4 is 11.6 Å². The lowest BCUT2D eigenvalue weighted by molar-refractivity contribution is 0.144. The van der Waals surface area contributed by atoms with Crippen molar-refractivity contribution in [2.45, 2.75) is 32.4 Å². The van der Waals surface area contributed by atoms with Gasteiger partial charge < -0.3 is 5.73 Å². The first-order valence-corrected chi connectivity index (χ1v) is 6.90. The summed E-state index contributed by atoms with van der Waals surface area (Å²) in [6, 6.07) is 5.13. The molecule has 4 heteroatoms. The van der Waals surface area contributed by atoms with Crippen LogP contribution >= 0.6 is 11.6 Å². The van der Waals surface area contributed by atoms with Gasteiger partial charge in [-0.25, -0.2) is 4.39 Å². The average Bonchev–Trinajstić information content (AvgIpc) is 2.36. The summed E-state index contributed by atoms with van der Waals surface area (Å²) in [6.45, 7) is 4.59. The molecule has 0 bridgehead atoms. The molecule has 1 aromatic carbocycles. The van der Waals surface area contributed by atoms with Crippen molar-refractivity contribution in [2.75, 3.05) is 13.1 Å². The molecule has 2 atom stereocenters. The summed E-state index contributed by atoms with van der Waals surface area (Å²) in [5, 5.41) is 0.512. The van der Waals surface area contributed by atoms with Crippen LogP contribution in [0.1, 0.15) is 25.3 Å². The second kappa shape index (κ2) is 6.00. The lowest BCUT2D eigenvalue weighted by atomic mass is 9.90. The molecule has 1 saturated heterocycles. The number of piperidine rings is 1. The first-order valence-electron chi connectivity index (χ1n) is 6.52. The first-order chi connectivity index (χ1) is 8.61. The van der Waals surface area contributed by atoms with Crippen molar-refractivity contribution in [2.24, 2.45) is 11.7 Å². The monoisotopic (exact) mass is 270 g/mol.